The number of nitrogens with zero attached hydrogens (tertiary/aromatic N) is 1. The van der Waals surface area contributed by atoms with Gasteiger partial charge in [0, 0.05) is 9.77 Å². The average molecular weight is 399 g/mol. The number of benzene rings is 1. The van der Waals surface area contributed by atoms with E-state index in [1.165, 1.54) is 16.6 Å². The summed E-state index contributed by atoms with van der Waals surface area (Å²) < 4.78 is 0. The van der Waals surface area contributed by atoms with Crippen LogP contribution in [-0.4, -0.2) is 11.7 Å². The Hall–Kier alpha value is -1.77. The molecule has 0 saturated heterocycles. The van der Waals surface area contributed by atoms with Crippen molar-refractivity contribution in [3.8, 4) is 6.07 Å². The zero-order chi connectivity index (χ0) is 19.4. The number of anilines is 1. The summed E-state index contributed by atoms with van der Waals surface area (Å²) >= 11 is 3.12. The second-order valence-corrected chi connectivity index (χ2v) is 9.91. The molecule has 0 saturated carbocycles. The van der Waals surface area contributed by atoms with Crippen LogP contribution in [0.2, 0.25) is 0 Å². The number of nitriles is 1. The fourth-order valence-corrected chi connectivity index (χ4v) is 5.59. The second kappa shape index (κ2) is 8.50. The van der Waals surface area contributed by atoms with Crippen molar-refractivity contribution < 1.29 is 4.79 Å². The maximum Gasteiger partial charge on any atom is 0.235 e. The highest BCUT2D eigenvalue weighted by molar-refractivity contribution is 8.00. The number of thioether (sulfide) groups is 1. The van der Waals surface area contributed by atoms with Crippen LogP contribution in [0.4, 0.5) is 5.00 Å². The van der Waals surface area contributed by atoms with Gasteiger partial charge in [-0.15, -0.1) is 23.1 Å². The number of amides is 1. The van der Waals surface area contributed by atoms with Crippen LogP contribution in [0.5, 0.6) is 0 Å². The number of hydrogen-bond acceptors (Lipinski definition) is 4. The molecule has 3 rings (SSSR count). The topological polar surface area (TPSA) is 52.9 Å². The largest absolute Gasteiger partial charge is 0.316 e. The van der Waals surface area contributed by atoms with E-state index in [9.17, 15) is 10.1 Å². The van der Waals surface area contributed by atoms with E-state index in [0.717, 1.165) is 41.1 Å². The molecule has 3 nitrogen and oxygen atoms in total. The summed E-state index contributed by atoms with van der Waals surface area (Å²) in [5.41, 5.74) is 2.15. The first kappa shape index (κ1) is 20.0. The minimum Gasteiger partial charge on any atom is -0.316 e. The summed E-state index contributed by atoms with van der Waals surface area (Å²) in [5, 5.41) is 13.4. The Bertz CT molecular complexity index is 849. The van der Waals surface area contributed by atoms with E-state index in [0.29, 0.717) is 22.6 Å². The standard InChI is InChI=1S/C22H26N2OS2/c1-4-22(2,3)15-10-11-17-18(13-23)21(27-19(17)12-15)24-20(25)14-26-16-8-6-5-7-9-16/h5-9,15H,4,10-12,14H2,1-3H3,(H,24,25)/t15-/m1/s1. The maximum absolute atomic E-state index is 12.4. The molecule has 0 aliphatic heterocycles. The third-order valence-corrected chi connectivity index (χ3v) is 7.94. The van der Waals surface area contributed by atoms with E-state index in [-0.39, 0.29) is 5.91 Å². The number of nitrogens with one attached hydrogen (secondary N) is 1. The van der Waals surface area contributed by atoms with E-state index in [1.807, 2.05) is 30.3 Å². The quantitative estimate of drug-likeness (QED) is 0.617. The predicted octanol–water partition coefficient (Wildman–Crippen LogP) is 5.89. The van der Waals surface area contributed by atoms with Crippen molar-refractivity contribution in [3.05, 3.63) is 46.3 Å². The van der Waals surface area contributed by atoms with Crippen molar-refractivity contribution in [3.63, 3.8) is 0 Å². The van der Waals surface area contributed by atoms with Crippen molar-refractivity contribution >= 4 is 34.0 Å². The molecule has 27 heavy (non-hydrogen) atoms. The zero-order valence-corrected chi connectivity index (χ0v) is 17.8. The molecule has 1 aromatic carbocycles. The van der Waals surface area contributed by atoms with Gasteiger partial charge >= 0.3 is 0 Å². The third kappa shape index (κ3) is 4.56. The lowest BCUT2D eigenvalue weighted by Gasteiger charge is -2.36. The summed E-state index contributed by atoms with van der Waals surface area (Å²) in [6.07, 6.45) is 4.24. The molecule has 0 spiro atoms. The monoisotopic (exact) mass is 398 g/mol. The van der Waals surface area contributed by atoms with Gasteiger partial charge in [-0.1, -0.05) is 45.4 Å². The van der Waals surface area contributed by atoms with Crippen molar-refractivity contribution in [1.82, 2.24) is 0 Å². The summed E-state index contributed by atoms with van der Waals surface area (Å²) in [6.45, 7) is 6.93. The Morgan fingerprint density at radius 3 is 2.78 bits per heavy atom. The molecule has 1 amide bonds. The van der Waals surface area contributed by atoms with Crippen LogP contribution in [0.1, 0.15) is 49.6 Å². The minimum absolute atomic E-state index is 0.0515. The smallest absolute Gasteiger partial charge is 0.235 e. The van der Waals surface area contributed by atoms with Gasteiger partial charge in [-0.2, -0.15) is 5.26 Å². The van der Waals surface area contributed by atoms with Gasteiger partial charge in [0.2, 0.25) is 5.91 Å². The highest BCUT2D eigenvalue weighted by Gasteiger charge is 2.34. The highest BCUT2D eigenvalue weighted by Crippen LogP contribution is 2.45. The molecular formula is C22H26N2OS2. The maximum atomic E-state index is 12.4. The van der Waals surface area contributed by atoms with E-state index >= 15 is 0 Å². The summed E-state index contributed by atoms with van der Waals surface area (Å²) in [5.74, 6) is 0.935. The van der Waals surface area contributed by atoms with E-state index in [2.05, 4.69) is 32.2 Å². The van der Waals surface area contributed by atoms with Crippen molar-refractivity contribution in [2.75, 3.05) is 11.1 Å². The average Bonchev–Trinajstić information content (AvgIpc) is 3.03. The summed E-state index contributed by atoms with van der Waals surface area (Å²) in [6, 6.07) is 12.2. The molecular weight excluding hydrogens is 372 g/mol. The lowest BCUT2D eigenvalue weighted by Crippen LogP contribution is -2.28. The first-order chi connectivity index (χ1) is 12.9. The molecule has 2 aromatic rings. The molecule has 1 aliphatic carbocycles. The first-order valence-electron chi connectivity index (χ1n) is 9.47. The molecule has 0 radical (unpaired) electrons. The second-order valence-electron chi connectivity index (χ2n) is 7.75. The molecule has 1 aromatic heterocycles. The van der Waals surface area contributed by atoms with Crippen LogP contribution in [0, 0.1) is 22.7 Å². The molecule has 142 valence electrons. The van der Waals surface area contributed by atoms with Gasteiger partial charge < -0.3 is 5.32 Å². The van der Waals surface area contributed by atoms with Gasteiger partial charge in [0.25, 0.3) is 0 Å². The first-order valence-corrected chi connectivity index (χ1v) is 11.3. The van der Waals surface area contributed by atoms with Gasteiger partial charge in [0.1, 0.15) is 11.1 Å². The van der Waals surface area contributed by atoms with Crippen molar-refractivity contribution in [2.24, 2.45) is 11.3 Å². The normalized spacial score (nSPS) is 16.4. The van der Waals surface area contributed by atoms with E-state index in [4.69, 9.17) is 0 Å². The van der Waals surface area contributed by atoms with Gasteiger partial charge in [-0.05, 0) is 48.3 Å². The minimum atomic E-state index is -0.0515. The fourth-order valence-electron chi connectivity index (χ4n) is 3.58. The van der Waals surface area contributed by atoms with E-state index < -0.39 is 0 Å². The molecule has 1 atom stereocenters. The van der Waals surface area contributed by atoms with Gasteiger partial charge in [0.15, 0.2) is 0 Å². The van der Waals surface area contributed by atoms with Crippen molar-refractivity contribution in [2.45, 2.75) is 51.3 Å². The Morgan fingerprint density at radius 1 is 1.37 bits per heavy atom. The van der Waals surface area contributed by atoms with Gasteiger partial charge in [-0.25, -0.2) is 0 Å². The van der Waals surface area contributed by atoms with Crippen molar-refractivity contribution in [1.29, 1.82) is 5.26 Å². The number of fused-ring (bicyclic) bond motifs is 1. The number of rotatable bonds is 6. The molecule has 0 fully saturated rings. The number of carbonyl (C=O) groups excluding carboxylic acids is 1. The molecule has 1 aliphatic rings. The van der Waals surface area contributed by atoms with Crippen LogP contribution in [0.3, 0.4) is 0 Å². The molecule has 1 N–H and O–H groups in total. The lowest BCUT2D eigenvalue weighted by atomic mass is 9.69. The molecule has 1 heterocycles. The number of carbonyl (C=O) groups is 1. The van der Waals surface area contributed by atoms with Crippen LogP contribution >= 0.6 is 23.1 Å². The fraction of sp³-hybridized carbons (Fsp3) is 0.455. The number of hydrogen-bond donors (Lipinski definition) is 1. The lowest BCUT2D eigenvalue weighted by molar-refractivity contribution is -0.113. The molecule has 5 heteroatoms. The highest BCUT2D eigenvalue weighted by atomic mass is 32.2. The zero-order valence-electron chi connectivity index (χ0n) is 16.2. The molecule has 0 bridgehead atoms. The molecule has 0 unspecified atom stereocenters. The van der Waals surface area contributed by atoms with Gasteiger partial charge in [-0.3, -0.25) is 4.79 Å². The Labute approximate surface area is 170 Å². The van der Waals surface area contributed by atoms with Crippen LogP contribution in [-0.2, 0) is 17.6 Å². The van der Waals surface area contributed by atoms with Crippen LogP contribution in [0.15, 0.2) is 35.2 Å². The Balaban J connectivity index is 1.70. The number of thiophene rings is 1. The van der Waals surface area contributed by atoms with E-state index in [1.54, 1.807) is 11.3 Å². The third-order valence-electron chi connectivity index (χ3n) is 5.76. The summed E-state index contributed by atoms with van der Waals surface area (Å²) in [4.78, 5) is 14.8. The van der Waals surface area contributed by atoms with Crippen LogP contribution < -0.4 is 5.32 Å². The summed E-state index contributed by atoms with van der Waals surface area (Å²) in [7, 11) is 0. The Morgan fingerprint density at radius 2 is 2.11 bits per heavy atom. The Kier molecular flexibility index (Phi) is 6.29. The van der Waals surface area contributed by atoms with Crippen LogP contribution in [0.25, 0.3) is 0 Å². The SMILES string of the molecule is CCC(C)(C)[C@@H]1CCc2c(sc(NC(=O)CSc3ccccc3)c2C#N)C1. The van der Waals surface area contributed by atoms with Gasteiger partial charge in [0.05, 0.1) is 11.3 Å². The predicted molar refractivity (Wildman–Crippen MR) is 114 cm³/mol.